The van der Waals surface area contributed by atoms with Gasteiger partial charge in [0.1, 0.15) is 54.2 Å². The highest BCUT2D eigenvalue weighted by Crippen LogP contribution is 2.54. The van der Waals surface area contributed by atoms with Gasteiger partial charge in [-0.1, -0.05) is 0 Å². The molecule has 3 fully saturated rings. The van der Waals surface area contributed by atoms with Gasteiger partial charge in [-0.25, -0.2) is 38.9 Å². The Morgan fingerprint density at radius 3 is 2.05 bits per heavy atom. The van der Waals surface area contributed by atoms with Gasteiger partial charge in [0.2, 0.25) is 0 Å². The third kappa shape index (κ3) is 5.04. The van der Waals surface area contributed by atoms with Crippen LogP contribution in [0.3, 0.4) is 0 Å². The smallest absolute Gasteiger partial charge is 0.387 e. The molecule has 236 valence electrons. The average Bonchev–Trinajstić information content (AvgIpc) is 3.73. The number of aromatic nitrogens is 8. The first-order valence-electron chi connectivity index (χ1n) is 13.0. The number of ether oxygens (including phenoxy) is 2. The molecule has 7 rings (SSSR count). The highest BCUT2D eigenvalue weighted by molar-refractivity contribution is 7.53. The first kappa shape index (κ1) is 29.5. The summed E-state index contributed by atoms with van der Waals surface area (Å²) in [6.45, 7) is -0.221. The standard InChI is InChI=1S/C21H25FN10O10P2/c1-43(34)37-3-9-14(10(22)20(40-9)31-6-29-11-16(23)25-4-27-18(11)31)42-44(35,36)38-2-8-13(33)15(41-43)21(39-8)32-7-30-12-17(24)26-5-28-19(12)32/h4-10,13-15,20-21,33H,2-3H2,1H3,(H,35,36)(H2,23,25,27)(H2,24,26,28)/t8-,9-,10?,13?,14?,15?,20?,21-,43?/m1/s1. The van der Waals surface area contributed by atoms with Gasteiger partial charge in [-0.05, 0) is 0 Å². The van der Waals surface area contributed by atoms with E-state index in [2.05, 4.69) is 29.9 Å². The van der Waals surface area contributed by atoms with E-state index >= 15 is 4.39 Å². The van der Waals surface area contributed by atoms with Crippen molar-refractivity contribution in [2.24, 2.45) is 0 Å². The summed E-state index contributed by atoms with van der Waals surface area (Å²) in [5.74, 6) is 0.114. The van der Waals surface area contributed by atoms with E-state index in [1.165, 1.54) is 28.1 Å². The van der Waals surface area contributed by atoms with Crippen LogP contribution in [0.25, 0.3) is 22.3 Å². The lowest BCUT2D eigenvalue weighted by atomic mass is 10.1. The highest BCUT2D eigenvalue weighted by Gasteiger charge is 2.54. The number of hydrogen-bond donors (Lipinski definition) is 4. The Labute approximate surface area is 245 Å². The van der Waals surface area contributed by atoms with Crippen molar-refractivity contribution in [2.45, 2.75) is 49.1 Å². The van der Waals surface area contributed by atoms with Crippen LogP contribution in [0, 0.1) is 0 Å². The second kappa shape index (κ2) is 10.7. The van der Waals surface area contributed by atoms with Gasteiger partial charge in [0, 0.05) is 6.66 Å². The third-order valence-corrected chi connectivity index (χ3v) is 9.58. The minimum Gasteiger partial charge on any atom is -0.387 e. The van der Waals surface area contributed by atoms with Crippen LogP contribution in [-0.4, -0.2) is 106 Å². The molecule has 7 unspecified atom stereocenters. The molecule has 3 aliphatic rings. The van der Waals surface area contributed by atoms with Crippen molar-refractivity contribution in [3.05, 3.63) is 25.3 Å². The fraction of sp³-hybridized carbons (Fsp3) is 0.524. The maximum atomic E-state index is 15.9. The molecule has 0 spiro atoms. The molecule has 0 aromatic carbocycles. The molecule has 0 saturated carbocycles. The zero-order valence-electron chi connectivity index (χ0n) is 22.5. The molecule has 0 radical (unpaired) electrons. The van der Waals surface area contributed by atoms with Crippen LogP contribution >= 0.6 is 15.4 Å². The van der Waals surface area contributed by atoms with Crippen LogP contribution < -0.4 is 11.5 Å². The van der Waals surface area contributed by atoms with E-state index in [1.807, 2.05) is 0 Å². The summed E-state index contributed by atoms with van der Waals surface area (Å²) < 4.78 is 78.6. The number of imidazole rings is 2. The van der Waals surface area contributed by atoms with E-state index in [0.29, 0.717) is 0 Å². The van der Waals surface area contributed by atoms with Gasteiger partial charge in [0.25, 0.3) is 0 Å². The third-order valence-electron chi connectivity index (χ3n) is 7.35. The molecule has 0 amide bonds. The predicted octanol–water partition coefficient (Wildman–Crippen LogP) is 0.0649. The van der Waals surface area contributed by atoms with E-state index in [0.717, 1.165) is 13.0 Å². The number of alkyl halides is 1. The van der Waals surface area contributed by atoms with Crippen molar-refractivity contribution in [3.8, 4) is 0 Å². The van der Waals surface area contributed by atoms with Gasteiger partial charge in [-0.3, -0.25) is 27.3 Å². The zero-order chi connectivity index (χ0) is 31.0. The number of fused-ring (bicyclic) bond motifs is 5. The number of aliphatic hydroxyl groups is 1. The highest BCUT2D eigenvalue weighted by atomic mass is 31.2. The number of halogens is 1. The van der Waals surface area contributed by atoms with Crippen molar-refractivity contribution in [2.75, 3.05) is 31.3 Å². The monoisotopic (exact) mass is 658 g/mol. The number of rotatable bonds is 2. The van der Waals surface area contributed by atoms with Crippen LogP contribution in [0.2, 0.25) is 0 Å². The Bertz CT molecular complexity index is 1830. The topological polar surface area (TPSA) is 269 Å². The number of phosphoric ester groups is 1. The molecule has 4 aromatic heterocycles. The van der Waals surface area contributed by atoms with Gasteiger partial charge in [-0.15, -0.1) is 0 Å². The van der Waals surface area contributed by atoms with Crippen LogP contribution in [0.5, 0.6) is 0 Å². The van der Waals surface area contributed by atoms with Gasteiger partial charge in [-0.2, -0.15) is 0 Å². The van der Waals surface area contributed by atoms with Gasteiger partial charge >= 0.3 is 15.4 Å². The molecule has 2 bridgehead atoms. The van der Waals surface area contributed by atoms with Crippen molar-refractivity contribution >= 4 is 49.4 Å². The summed E-state index contributed by atoms with van der Waals surface area (Å²) in [6, 6.07) is 0. The largest absolute Gasteiger partial charge is 0.472 e. The maximum Gasteiger partial charge on any atom is 0.472 e. The summed E-state index contributed by atoms with van der Waals surface area (Å²) in [5.41, 5.74) is 12.4. The van der Waals surface area contributed by atoms with Crippen LogP contribution in [-0.2, 0) is 36.7 Å². The lowest BCUT2D eigenvalue weighted by Crippen LogP contribution is -2.35. The Kier molecular flexibility index (Phi) is 7.16. The molecule has 4 aromatic rings. The molecule has 20 nitrogen and oxygen atoms in total. The normalized spacial score (nSPS) is 38.3. The SMILES string of the molecule is CP1(=O)OC[C@H]2OC(n3cnc4c(N)ncnc43)C(F)C2OP(=O)(O)OC[C@H]2O[C@@H](n3cnc4c(N)ncnc43)C(O1)C2O. The number of phosphoric acid groups is 1. The minimum absolute atomic E-state index is 0.0403. The molecule has 3 saturated heterocycles. The van der Waals surface area contributed by atoms with Gasteiger partial charge in [0.05, 0.1) is 25.9 Å². The fourth-order valence-electron chi connectivity index (χ4n) is 5.30. The number of hydrogen-bond acceptors (Lipinski definition) is 17. The Morgan fingerprint density at radius 1 is 0.841 bits per heavy atom. The van der Waals surface area contributed by atoms with Crippen LogP contribution in [0.1, 0.15) is 12.5 Å². The molecule has 44 heavy (non-hydrogen) atoms. The summed E-state index contributed by atoms with van der Waals surface area (Å²) in [6.07, 6.45) is -7.39. The molecular formula is C21H25FN10O10P2. The zero-order valence-corrected chi connectivity index (χ0v) is 24.3. The van der Waals surface area contributed by atoms with E-state index < -0.39 is 77.8 Å². The second-order valence-corrected chi connectivity index (χ2v) is 13.6. The van der Waals surface area contributed by atoms with E-state index in [9.17, 15) is 19.1 Å². The van der Waals surface area contributed by atoms with Crippen molar-refractivity contribution in [1.29, 1.82) is 0 Å². The molecular weight excluding hydrogens is 633 g/mol. The lowest BCUT2D eigenvalue weighted by Gasteiger charge is -2.26. The fourth-order valence-corrected chi connectivity index (χ4v) is 7.40. The molecule has 23 heteroatoms. The van der Waals surface area contributed by atoms with Crippen LogP contribution in [0.4, 0.5) is 16.0 Å². The Balaban J connectivity index is 1.20. The second-order valence-electron chi connectivity index (χ2n) is 10.2. The average molecular weight is 658 g/mol. The number of anilines is 2. The van der Waals surface area contributed by atoms with E-state index in [-0.39, 0.29) is 34.0 Å². The van der Waals surface area contributed by atoms with Crippen LogP contribution in [0.15, 0.2) is 25.3 Å². The molecule has 0 aliphatic carbocycles. The number of nitrogens with two attached hydrogens (primary N) is 2. The van der Waals surface area contributed by atoms with E-state index in [1.54, 1.807) is 0 Å². The number of aliphatic hydroxyl groups excluding tert-OH is 1. The predicted molar refractivity (Wildman–Crippen MR) is 143 cm³/mol. The summed E-state index contributed by atoms with van der Waals surface area (Å²) in [7, 11) is -9.13. The van der Waals surface area contributed by atoms with Crippen molar-refractivity contribution in [1.82, 2.24) is 39.0 Å². The summed E-state index contributed by atoms with van der Waals surface area (Å²) in [5, 5.41) is 11.1. The Morgan fingerprint density at radius 2 is 1.41 bits per heavy atom. The first-order chi connectivity index (χ1) is 20.9. The summed E-state index contributed by atoms with van der Waals surface area (Å²) in [4.78, 5) is 34.8. The van der Waals surface area contributed by atoms with Gasteiger partial charge < -0.3 is 35.5 Å². The first-order valence-corrected chi connectivity index (χ1v) is 16.5. The van der Waals surface area contributed by atoms with E-state index in [4.69, 9.17) is 39.0 Å². The van der Waals surface area contributed by atoms with Gasteiger partial charge in [0.15, 0.2) is 41.6 Å². The Hall–Kier alpha value is -3.23. The quantitative estimate of drug-likeness (QED) is 0.207. The number of nitrogens with zero attached hydrogens (tertiary/aromatic N) is 8. The summed E-state index contributed by atoms with van der Waals surface area (Å²) >= 11 is 0. The van der Waals surface area contributed by atoms with Crippen molar-refractivity contribution in [3.63, 3.8) is 0 Å². The minimum atomic E-state index is -5.04. The number of nitrogen functional groups attached to an aromatic ring is 2. The maximum absolute atomic E-state index is 15.9. The van der Waals surface area contributed by atoms with Crippen molar-refractivity contribution < 1.29 is 51.1 Å². The molecule has 6 N–H and O–H groups in total. The molecule has 3 aliphatic heterocycles. The lowest BCUT2D eigenvalue weighted by molar-refractivity contribution is -0.0627. The molecule has 7 heterocycles. The molecule has 10 atom stereocenters.